The Bertz CT molecular complexity index is 340. The minimum Gasteiger partial charge on any atom is -0.305 e. The lowest BCUT2D eigenvalue weighted by molar-refractivity contribution is 0.269. The molecular weight excluding hydrogens is 220 g/mol. The molecule has 1 saturated heterocycles. The van der Waals surface area contributed by atoms with E-state index in [0.717, 1.165) is 18.1 Å². The summed E-state index contributed by atoms with van der Waals surface area (Å²) in [7, 11) is 2.20. The summed E-state index contributed by atoms with van der Waals surface area (Å²) in [6, 6.07) is 8.18. The molecule has 2 nitrogen and oxygen atoms in total. The summed E-state index contributed by atoms with van der Waals surface area (Å²) in [6.07, 6.45) is 1.26. The molecule has 0 aliphatic carbocycles. The van der Waals surface area contributed by atoms with Crippen molar-refractivity contribution in [3.63, 3.8) is 0 Å². The first-order chi connectivity index (χ1) is 7.74. The monoisotopic (exact) mass is 238 g/mol. The van der Waals surface area contributed by atoms with E-state index in [9.17, 15) is 0 Å². The molecule has 0 aromatic heterocycles. The first-order valence-electron chi connectivity index (χ1n) is 5.89. The van der Waals surface area contributed by atoms with Crippen LogP contribution in [0.4, 0.5) is 0 Å². The standard InChI is InChI=1S/C13H19ClN2/c1-15-6-3-7-16(9-8-15)11-12-4-2-5-13(14)10-12/h2,4-5,10H,3,6-9,11H2,1H3. The number of halogens is 1. The van der Waals surface area contributed by atoms with Gasteiger partial charge in [-0.3, -0.25) is 4.90 Å². The van der Waals surface area contributed by atoms with E-state index in [4.69, 9.17) is 11.6 Å². The zero-order chi connectivity index (χ0) is 11.4. The Hall–Kier alpha value is -0.570. The van der Waals surface area contributed by atoms with Crippen LogP contribution in [0.25, 0.3) is 0 Å². The van der Waals surface area contributed by atoms with Crippen molar-refractivity contribution in [3.8, 4) is 0 Å². The van der Waals surface area contributed by atoms with Crippen LogP contribution in [-0.2, 0) is 6.54 Å². The molecule has 1 aromatic carbocycles. The Balaban J connectivity index is 1.93. The predicted octanol–water partition coefficient (Wildman–Crippen LogP) is 2.48. The van der Waals surface area contributed by atoms with Crippen molar-refractivity contribution in [1.82, 2.24) is 9.80 Å². The van der Waals surface area contributed by atoms with Crippen LogP contribution in [0.1, 0.15) is 12.0 Å². The van der Waals surface area contributed by atoms with Crippen LogP contribution in [0.15, 0.2) is 24.3 Å². The Morgan fingerprint density at radius 2 is 2.06 bits per heavy atom. The normalized spacial score (nSPS) is 19.6. The van der Waals surface area contributed by atoms with E-state index in [1.807, 2.05) is 12.1 Å². The summed E-state index contributed by atoms with van der Waals surface area (Å²) in [4.78, 5) is 4.91. The van der Waals surface area contributed by atoms with Gasteiger partial charge in [0.2, 0.25) is 0 Å². The van der Waals surface area contributed by atoms with Crippen molar-refractivity contribution in [1.29, 1.82) is 0 Å². The van der Waals surface area contributed by atoms with Crippen molar-refractivity contribution >= 4 is 11.6 Å². The van der Waals surface area contributed by atoms with E-state index in [1.165, 1.54) is 31.6 Å². The van der Waals surface area contributed by atoms with Gasteiger partial charge < -0.3 is 4.90 Å². The molecule has 0 spiro atoms. The highest BCUT2D eigenvalue weighted by Gasteiger charge is 2.11. The fourth-order valence-electron chi connectivity index (χ4n) is 2.15. The van der Waals surface area contributed by atoms with Crippen molar-refractivity contribution < 1.29 is 0 Å². The third-order valence-corrected chi connectivity index (χ3v) is 3.34. The van der Waals surface area contributed by atoms with Gasteiger partial charge in [0.25, 0.3) is 0 Å². The van der Waals surface area contributed by atoms with Crippen LogP contribution >= 0.6 is 11.6 Å². The average molecular weight is 239 g/mol. The highest BCUT2D eigenvalue weighted by Crippen LogP contribution is 2.13. The first-order valence-corrected chi connectivity index (χ1v) is 6.27. The maximum absolute atomic E-state index is 5.99. The number of hydrogen-bond acceptors (Lipinski definition) is 2. The van der Waals surface area contributed by atoms with E-state index in [-0.39, 0.29) is 0 Å². The van der Waals surface area contributed by atoms with Gasteiger partial charge in [0.15, 0.2) is 0 Å². The molecule has 0 radical (unpaired) electrons. The minimum atomic E-state index is 0.837. The molecular formula is C13H19ClN2. The Kier molecular flexibility index (Phi) is 4.22. The number of nitrogens with zero attached hydrogens (tertiary/aromatic N) is 2. The molecule has 1 fully saturated rings. The molecule has 0 saturated carbocycles. The van der Waals surface area contributed by atoms with Gasteiger partial charge in [0.1, 0.15) is 0 Å². The van der Waals surface area contributed by atoms with Gasteiger partial charge in [-0.2, -0.15) is 0 Å². The molecule has 1 aliphatic heterocycles. The molecule has 88 valence electrons. The van der Waals surface area contributed by atoms with Crippen LogP contribution in [0.3, 0.4) is 0 Å². The summed E-state index contributed by atoms with van der Waals surface area (Å²) >= 11 is 5.99. The molecule has 0 amide bonds. The topological polar surface area (TPSA) is 6.48 Å². The van der Waals surface area contributed by atoms with Crippen molar-refractivity contribution in [2.75, 3.05) is 33.2 Å². The van der Waals surface area contributed by atoms with E-state index < -0.39 is 0 Å². The van der Waals surface area contributed by atoms with Gasteiger partial charge >= 0.3 is 0 Å². The van der Waals surface area contributed by atoms with Crippen molar-refractivity contribution in [3.05, 3.63) is 34.9 Å². The van der Waals surface area contributed by atoms with E-state index in [0.29, 0.717) is 0 Å². The third kappa shape index (κ3) is 3.48. The summed E-state index contributed by atoms with van der Waals surface area (Å²) in [5, 5.41) is 0.837. The van der Waals surface area contributed by atoms with Gasteiger partial charge in [-0.15, -0.1) is 0 Å². The molecule has 0 atom stereocenters. The SMILES string of the molecule is CN1CCCN(Cc2cccc(Cl)c2)CC1. The van der Waals surface area contributed by atoms with Crippen LogP contribution in [0, 0.1) is 0 Å². The van der Waals surface area contributed by atoms with Gasteiger partial charge in [-0.05, 0) is 44.3 Å². The van der Waals surface area contributed by atoms with Gasteiger partial charge in [-0.25, -0.2) is 0 Å². The maximum atomic E-state index is 5.99. The largest absolute Gasteiger partial charge is 0.305 e. The lowest BCUT2D eigenvalue weighted by Crippen LogP contribution is -2.28. The van der Waals surface area contributed by atoms with E-state index in [2.05, 4.69) is 29.0 Å². The second-order valence-corrected chi connectivity index (χ2v) is 5.00. The fourth-order valence-corrected chi connectivity index (χ4v) is 2.36. The van der Waals surface area contributed by atoms with Gasteiger partial charge in [0.05, 0.1) is 0 Å². The molecule has 1 heterocycles. The molecule has 16 heavy (non-hydrogen) atoms. The highest BCUT2D eigenvalue weighted by atomic mass is 35.5. The highest BCUT2D eigenvalue weighted by molar-refractivity contribution is 6.30. The second kappa shape index (κ2) is 5.67. The molecule has 0 bridgehead atoms. The number of hydrogen-bond donors (Lipinski definition) is 0. The predicted molar refractivity (Wildman–Crippen MR) is 68.8 cm³/mol. The summed E-state index contributed by atoms with van der Waals surface area (Å²) in [5.74, 6) is 0. The first kappa shape index (κ1) is 11.9. The summed E-state index contributed by atoms with van der Waals surface area (Å²) < 4.78 is 0. The quantitative estimate of drug-likeness (QED) is 0.781. The molecule has 3 heteroatoms. The summed E-state index contributed by atoms with van der Waals surface area (Å²) in [6.45, 7) is 5.75. The third-order valence-electron chi connectivity index (χ3n) is 3.11. The number of rotatable bonds is 2. The maximum Gasteiger partial charge on any atom is 0.0409 e. The summed E-state index contributed by atoms with van der Waals surface area (Å²) in [5.41, 5.74) is 1.32. The molecule has 0 N–H and O–H groups in total. The lowest BCUT2D eigenvalue weighted by Gasteiger charge is -2.20. The second-order valence-electron chi connectivity index (χ2n) is 4.56. The van der Waals surface area contributed by atoms with Crippen LogP contribution < -0.4 is 0 Å². The lowest BCUT2D eigenvalue weighted by atomic mass is 10.2. The average Bonchev–Trinajstić information content (AvgIpc) is 2.44. The van der Waals surface area contributed by atoms with Gasteiger partial charge in [-0.1, -0.05) is 23.7 Å². The minimum absolute atomic E-state index is 0.837. The van der Waals surface area contributed by atoms with E-state index >= 15 is 0 Å². The van der Waals surface area contributed by atoms with E-state index in [1.54, 1.807) is 0 Å². The molecule has 1 aromatic rings. The Labute approximate surface area is 103 Å². The number of benzene rings is 1. The van der Waals surface area contributed by atoms with Crippen LogP contribution in [-0.4, -0.2) is 43.0 Å². The Morgan fingerprint density at radius 3 is 2.88 bits per heavy atom. The molecule has 2 rings (SSSR count). The number of likely N-dealkylation sites (N-methyl/N-ethyl adjacent to an activating group) is 1. The zero-order valence-corrected chi connectivity index (χ0v) is 10.6. The fraction of sp³-hybridized carbons (Fsp3) is 0.538. The zero-order valence-electron chi connectivity index (χ0n) is 9.82. The van der Waals surface area contributed by atoms with Crippen LogP contribution in [0.2, 0.25) is 5.02 Å². The molecule has 1 aliphatic rings. The molecule has 0 unspecified atom stereocenters. The smallest absolute Gasteiger partial charge is 0.0409 e. The van der Waals surface area contributed by atoms with Crippen LogP contribution in [0.5, 0.6) is 0 Å². The Morgan fingerprint density at radius 1 is 1.19 bits per heavy atom. The van der Waals surface area contributed by atoms with Crippen molar-refractivity contribution in [2.24, 2.45) is 0 Å². The van der Waals surface area contributed by atoms with Crippen molar-refractivity contribution in [2.45, 2.75) is 13.0 Å². The van der Waals surface area contributed by atoms with Gasteiger partial charge in [0, 0.05) is 24.7 Å².